The van der Waals surface area contributed by atoms with Crippen molar-refractivity contribution >= 4 is 45.2 Å². The van der Waals surface area contributed by atoms with Crippen LogP contribution >= 0.6 is 0 Å². The fourth-order valence-electron chi connectivity index (χ4n) is 6.65. The van der Waals surface area contributed by atoms with Gasteiger partial charge in [0.05, 0.1) is 29.3 Å². The maximum atomic E-state index is 16.5. The van der Waals surface area contributed by atoms with E-state index in [1.807, 2.05) is 4.90 Å². The SMILES string of the molecule is C#Cc1c(F)ccc2cc(N=O)cc(-c3ncc4c(N5CC6(NC(=O)/C(F)=C/c7ccccn7)CCC5C6)nc(OC)nc4c3F)c12. The second-order valence-corrected chi connectivity index (χ2v) is 11.5. The summed E-state index contributed by atoms with van der Waals surface area (Å²) in [4.78, 5) is 43.6. The van der Waals surface area contributed by atoms with Gasteiger partial charge in [0.15, 0.2) is 11.6 Å². The third-order valence-electron chi connectivity index (χ3n) is 8.71. The molecule has 234 valence electrons. The fourth-order valence-corrected chi connectivity index (χ4v) is 6.65. The number of pyridine rings is 2. The molecule has 2 unspecified atom stereocenters. The Morgan fingerprint density at radius 1 is 1.21 bits per heavy atom. The first-order chi connectivity index (χ1) is 22.7. The maximum Gasteiger partial charge on any atom is 0.318 e. The molecule has 2 bridgehead atoms. The van der Waals surface area contributed by atoms with Gasteiger partial charge in [0.1, 0.15) is 28.5 Å². The third-order valence-corrected chi connectivity index (χ3v) is 8.71. The first-order valence-corrected chi connectivity index (χ1v) is 14.6. The van der Waals surface area contributed by atoms with E-state index < -0.39 is 28.9 Å². The van der Waals surface area contributed by atoms with Crippen molar-refractivity contribution in [3.8, 4) is 29.6 Å². The number of amides is 1. The second-order valence-electron chi connectivity index (χ2n) is 11.5. The smallest absolute Gasteiger partial charge is 0.318 e. The number of terminal acetylenes is 1. The van der Waals surface area contributed by atoms with Crippen molar-refractivity contribution in [1.82, 2.24) is 25.3 Å². The number of hydrogen-bond acceptors (Lipinski definition) is 9. The molecule has 1 saturated carbocycles. The van der Waals surface area contributed by atoms with Crippen LogP contribution in [-0.2, 0) is 4.79 Å². The Labute approximate surface area is 265 Å². The van der Waals surface area contributed by atoms with E-state index in [1.54, 1.807) is 18.2 Å². The molecule has 1 saturated heterocycles. The molecule has 2 atom stereocenters. The van der Waals surface area contributed by atoms with Gasteiger partial charge in [-0.2, -0.15) is 9.97 Å². The van der Waals surface area contributed by atoms with Gasteiger partial charge in [-0.15, -0.1) is 11.3 Å². The van der Waals surface area contributed by atoms with E-state index in [-0.39, 0.29) is 57.4 Å². The molecule has 1 amide bonds. The molecule has 7 rings (SSSR count). The van der Waals surface area contributed by atoms with Crippen LogP contribution in [-0.4, -0.2) is 51.1 Å². The number of hydrogen-bond donors (Lipinski definition) is 1. The lowest BCUT2D eigenvalue weighted by atomic mass is 9.95. The molecule has 5 aromatic rings. The molecule has 2 aromatic carbocycles. The molecule has 2 aliphatic rings. The highest BCUT2D eigenvalue weighted by molar-refractivity contribution is 6.04. The first kappa shape index (κ1) is 29.8. The van der Waals surface area contributed by atoms with Gasteiger partial charge < -0.3 is 15.0 Å². The number of methoxy groups -OCH3 is 1. The van der Waals surface area contributed by atoms with E-state index in [2.05, 4.69) is 36.4 Å². The Morgan fingerprint density at radius 2 is 2.06 bits per heavy atom. The molecule has 1 aliphatic heterocycles. The van der Waals surface area contributed by atoms with E-state index in [1.165, 1.54) is 37.7 Å². The van der Waals surface area contributed by atoms with Crippen LogP contribution in [0.15, 0.2) is 65.9 Å². The number of aromatic nitrogens is 4. The number of carbonyl (C=O) groups is 1. The van der Waals surface area contributed by atoms with Crippen LogP contribution in [0.1, 0.15) is 30.5 Å². The lowest BCUT2D eigenvalue weighted by molar-refractivity contribution is -0.120. The highest BCUT2D eigenvalue weighted by Gasteiger charge is 2.51. The normalized spacial score (nSPS) is 18.8. The molecular weight excluding hydrogens is 611 g/mol. The van der Waals surface area contributed by atoms with E-state index in [0.29, 0.717) is 36.2 Å². The second kappa shape index (κ2) is 11.5. The van der Waals surface area contributed by atoms with Gasteiger partial charge in [-0.25, -0.2) is 13.2 Å². The summed E-state index contributed by atoms with van der Waals surface area (Å²) in [6.07, 6.45) is 11.4. The Balaban J connectivity index is 1.29. The van der Waals surface area contributed by atoms with E-state index in [0.717, 1.165) is 12.1 Å². The molecule has 0 spiro atoms. The molecule has 3 aromatic heterocycles. The average Bonchev–Trinajstić information content (AvgIpc) is 3.66. The number of nitrogens with zero attached hydrogens (tertiary/aromatic N) is 6. The van der Waals surface area contributed by atoms with E-state index in [9.17, 15) is 18.5 Å². The monoisotopic (exact) mass is 635 g/mol. The Morgan fingerprint density at radius 3 is 2.81 bits per heavy atom. The summed E-state index contributed by atoms with van der Waals surface area (Å²) in [7, 11) is 1.34. The van der Waals surface area contributed by atoms with Gasteiger partial charge in [0.25, 0.3) is 5.91 Å². The molecule has 0 radical (unpaired) electrons. The van der Waals surface area contributed by atoms with Gasteiger partial charge in [0, 0.05) is 42.0 Å². The summed E-state index contributed by atoms with van der Waals surface area (Å²) in [6.45, 7) is 0.265. The summed E-state index contributed by atoms with van der Waals surface area (Å²) in [6, 6.07) is 10.0. The Bertz CT molecular complexity index is 2190. The summed E-state index contributed by atoms with van der Waals surface area (Å²) < 4.78 is 51.5. The number of rotatable bonds is 7. The van der Waals surface area contributed by atoms with Crippen LogP contribution in [0, 0.1) is 28.9 Å². The number of nitroso groups, excluding NO2 is 1. The van der Waals surface area contributed by atoms with Crippen LogP contribution in [0.3, 0.4) is 0 Å². The number of nitrogens with one attached hydrogen (secondary N) is 1. The predicted octanol–water partition coefficient (Wildman–Crippen LogP) is 6.14. The molecule has 2 fully saturated rings. The van der Waals surface area contributed by atoms with Gasteiger partial charge in [-0.1, -0.05) is 18.1 Å². The zero-order valence-electron chi connectivity index (χ0n) is 24.8. The van der Waals surface area contributed by atoms with Crippen molar-refractivity contribution in [1.29, 1.82) is 0 Å². The van der Waals surface area contributed by atoms with Crippen molar-refractivity contribution in [3.05, 3.63) is 88.5 Å². The lowest BCUT2D eigenvalue weighted by Gasteiger charge is -2.34. The zero-order chi connectivity index (χ0) is 32.9. The van der Waals surface area contributed by atoms with Crippen molar-refractivity contribution < 1.29 is 22.7 Å². The molecule has 4 heterocycles. The Hall–Kier alpha value is -5.90. The zero-order valence-corrected chi connectivity index (χ0v) is 24.8. The fraction of sp³-hybridized carbons (Fsp3) is 0.206. The highest BCUT2D eigenvalue weighted by Crippen LogP contribution is 2.46. The van der Waals surface area contributed by atoms with Gasteiger partial charge in [-0.3, -0.25) is 14.8 Å². The Kier molecular flexibility index (Phi) is 7.27. The maximum absolute atomic E-state index is 16.5. The average molecular weight is 636 g/mol. The van der Waals surface area contributed by atoms with Crippen LogP contribution in [0.2, 0.25) is 0 Å². The van der Waals surface area contributed by atoms with Crippen LogP contribution in [0.25, 0.3) is 39.0 Å². The number of piperidine rings is 1. The summed E-state index contributed by atoms with van der Waals surface area (Å²) in [5.41, 5.74) is -0.913. The van der Waals surface area contributed by atoms with Crippen LogP contribution in [0.4, 0.5) is 24.7 Å². The minimum Gasteiger partial charge on any atom is -0.467 e. The van der Waals surface area contributed by atoms with Crippen LogP contribution < -0.4 is 15.0 Å². The van der Waals surface area contributed by atoms with Crippen molar-refractivity contribution in [2.45, 2.75) is 30.8 Å². The molecule has 1 N–H and O–H groups in total. The molecule has 10 nitrogen and oxygen atoms in total. The topological polar surface area (TPSA) is 123 Å². The number of ether oxygens (including phenoxy) is 1. The molecular formula is C34H24F3N7O3. The number of halogens is 3. The van der Waals surface area contributed by atoms with Gasteiger partial charge >= 0.3 is 6.01 Å². The summed E-state index contributed by atoms with van der Waals surface area (Å²) >= 11 is 0. The predicted molar refractivity (Wildman–Crippen MR) is 169 cm³/mol. The van der Waals surface area contributed by atoms with E-state index >= 15 is 4.39 Å². The quantitative estimate of drug-likeness (QED) is 0.129. The van der Waals surface area contributed by atoms with E-state index in [4.69, 9.17) is 11.2 Å². The highest BCUT2D eigenvalue weighted by atomic mass is 19.1. The number of carbonyl (C=O) groups excluding carboxylic acids is 1. The van der Waals surface area contributed by atoms with Gasteiger partial charge in [-0.05, 0) is 60.2 Å². The summed E-state index contributed by atoms with van der Waals surface area (Å²) in [5.74, 6) is -0.775. The number of benzene rings is 2. The van der Waals surface area contributed by atoms with Crippen LogP contribution in [0.5, 0.6) is 6.01 Å². The number of fused-ring (bicyclic) bond motifs is 4. The van der Waals surface area contributed by atoms with Crippen molar-refractivity contribution in [2.75, 3.05) is 18.6 Å². The lowest BCUT2D eigenvalue weighted by Crippen LogP contribution is -2.51. The minimum atomic E-state index is -0.970. The first-order valence-electron chi connectivity index (χ1n) is 14.6. The standard InChI is InChI=1S/C34H24F3N7O3/c1-3-22-25(35)8-7-18-12-20(43-46)13-23(27(18)22)29-28(37)30-24(16-39-29)31(41-33(40-30)47-2)44-17-34(10-9-21(44)15-34)42-32(45)26(36)14-19-6-4-5-11-38-19/h1,4-8,11-14,16,21H,9-10,15,17H2,2H3,(H,42,45)/b26-14-. The minimum absolute atomic E-state index is 0.0314. The largest absolute Gasteiger partial charge is 0.467 e. The number of anilines is 1. The van der Waals surface area contributed by atoms with Crippen molar-refractivity contribution in [3.63, 3.8) is 0 Å². The molecule has 13 heteroatoms. The molecule has 47 heavy (non-hydrogen) atoms. The van der Waals surface area contributed by atoms with Gasteiger partial charge in [0.2, 0.25) is 0 Å². The summed E-state index contributed by atoms with van der Waals surface area (Å²) in [5, 5.41) is 6.67. The third kappa shape index (κ3) is 5.07. The molecule has 1 aliphatic carbocycles. The van der Waals surface area contributed by atoms with Crippen molar-refractivity contribution in [2.24, 2.45) is 5.18 Å².